The summed E-state index contributed by atoms with van der Waals surface area (Å²) in [4.78, 5) is 22.1. The molecule has 1 aliphatic rings. The SMILES string of the molecule is CCC(=O)N1CCC(NC(=NC)NCc2ccc(Cn3ccnc3)cc2)C1.I. The molecular weight excluding hydrogens is 467 g/mol. The van der Waals surface area contributed by atoms with Gasteiger partial charge in [-0.15, -0.1) is 24.0 Å². The fraction of sp³-hybridized carbons (Fsp3) is 0.450. The van der Waals surface area contributed by atoms with Crippen LogP contribution >= 0.6 is 24.0 Å². The molecule has 0 saturated carbocycles. The molecule has 0 aliphatic carbocycles. The summed E-state index contributed by atoms with van der Waals surface area (Å²) in [6.07, 6.45) is 7.09. The molecule has 0 bridgehead atoms. The molecule has 1 aromatic carbocycles. The van der Waals surface area contributed by atoms with Crippen LogP contribution < -0.4 is 10.6 Å². The van der Waals surface area contributed by atoms with E-state index >= 15 is 0 Å². The van der Waals surface area contributed by atoms with Crippen molar-refractivity contribution in [3.05, 3.63) is 54.1 Å². The van der Waals surface area contributed by atoms with Crippen LogP contribution in [0.1, 0.15) is 30.9 Å². The zero-order valence-corrected chi connectivity index (χ0v) is 18.8. The van der Waals surface area contributed by atoms with E-state index in [0.29, 0.717) is 13.0 Å². The highest BCUT2D eigenvalue weighted by atomic mass is 127. The number of carbonyl (C=O) groups excluding carboxylic acids is 1. The normalized spacial score (nSPS) is 16.6. The van der Waals surface area contributed by atoms with Gasteiger partial charge in [0.15, 0.2) is 5.96 Å². The second-order valence-electron chi connectivity index (χ2n) is 6.80. The lowest BCUT2D eigenvalue weighted by atomic mass is 10.1. The van der Waals surface area contributed by atoms with Crippen LogP contribution in [0.2, 0.25) is 0 Å². The Morgan fingerprint density at radius 2 is 2.04 bits per heavy atom. The number of halogens is 1. The van der Waals surface area contributed by atoms with E-state index in [4.69, 9.17) is 0 Å². The summed E-state index contributed by atoms with van der Waals surface area (Å²) in [5, 5.41) is 6.78. The van der Waals surface area contributed by atoms with Gasteiger partial charge in [0.05, 0.1) is 6.33 Å². The summed E-state index contributed by atoms with van der Waals surface area (Å²) in [6.45, 7) is 5.00. The topological polar surface area (TPSA) is 74.6 Å². The van der Waals surface area contributed by atoms with Gasteiger partial charge in [0.25, 0.3) is 0 Å². The molecule has 1 aromatic heterocycles. The first-order valence-corrected chi connectivity index (χ1v) is 9.46. The molecule has 3 rings (SSSR count). The Bertz CT molecular complexity index is 760. The lowest BCUT2D eigenvalue weighted by molar-refractivity contribution is -0.129. The Labute approximate surface area is 183 Å². The third kappa shape index (κ3) is 6.22. The minimum Gasteiger partial charge on any atom is -0.352 e. The maximum absolute atomic E-state index is 11.8. The van der Waals surface area contributed by atoms with Crippen LogP contribution in [0.25, 0.3) is 0 Å². The first kappa shape index (κ1) is 22.2. The third-order valence-electron chi connectivity index (χ3n) is 4.82. The quantitative estimate of drug-likeness (QED) is 0.366. The molecule has 1 saturated heterocycles. The lowest BCUT2D eigenvalue weighted by Crippen LogP contribution is -2.44. The van der Waals surface area contributed by atoms with Crippen LogP contribution in [0.15, 0.2) is 48.0 Å². The average molecular weight is 496 g/mol. The van der Waals surface area contributed by atoms with Crippen molar-refractivity contribution in [3.8, 4) is 0 Å². The van der Waals surface area contributed by atoms with Crippen molar-refractivity contribution in [2.24, 2.45) is 4.99 Å². The van der Waals surface area contributed by atoms with Crippen molar-refractivity contribution in [2.75, 3.05) is 20.1 Å². The van der Waals surface area contributed by atoms with Gasteiger partial charge < -0.3 is 20.1 Å². The number of nitrogens with one attached hydrogen (secondary N) is 2. The predicted octanol–water partition coefficient (Wildman–Crippen LogP) is 2.23. The van der Waals surface area contributed by atoms with Crippen molar-refractivity contribution in [2.45, 2.75) is 38.9 Å². The van der Waals surface area contributed by atoms with Gasteiger partial charge in [-0.2, -0.15) is 0 Å². The first-order chi connectivity index (χ1) is 13.2. The molecule has 1 fully saturated rings. The first-order valence-electron chi connectivity index (χ1n) is 9.46. The van der Waals surface area contributed by atoms with Crippen LogP contribution in [0.4, 0.5) is 0 Å². The summed E-state index contributed by atoms with van der Waals surface area (Å²) in [7, 11) is 1.77. The maximum Gasteiger partial charge on any atom is 0.222 e. The number of benzene rings is 1. The van der Waals surface area contributed by atoms with Crippen LogP contribution in [0, 0.1) is 0 Å². The molecule has 0 spiro atoms. The molecule has 1 amide bonds. The van der Waals surface area contributed by atoms with Gasteiger partial charge in [0, 0.05) is 58.1 Å². The zero-order chi connectivity index (χ0) is 19.1. The number of rotatable bonds is 6. The highest BCUT2D eigenvalue weighted by molar-refractivity contribution is 14.0. The highest BCUT2D eigenvalue weighted by Crippen LogP contribution is 2.10. The summed E-state index contributed by atoms with van der Waals surface area (Å²) in [6, 6.07) is 8.79. The van der Waals surface area contributed by atoms with Gasteiger partial charge in [-0.05, 0) is 17.5 Å². The summed E-state index contributed by atoms with van der Waals surface area (Å²) >= 11 is 0. The number of amides is 1. The second-order valence-corrected chi connectivity index (χ2v) is 6.80. The van der Waals surface area contributed by atoms with Crippen LogP contribution in [-0.4, -0.2) is 52.5 Å². The Hall–Kier alpha value is -2.10. The van der Waals surface area contributed by atoms with E-state index in [1.165, 1.54) is 11.1 Å². The van der Waals surface area contributed by atoms with Crippen molar-refractivity contribution < 1.29 is 4.79 Å². The number of hydrogen-bond donors (Lipinski definition) is 2. The summed E-state index contributed by atoms with van der Waals surface area (Å²) < 4.78 is 2.05. The third-order valence-corrected chi connectivity index (χ3v) is 4.82. The van der Waals surface area contributed by atoms with Crippen molar-refractivity contribution in [3.63, 3.8) is 0 Å². The minimum atomic E-state index is 0. The molecule has 28 heavy (non-hydrogen) atoms. The van der Waals surface area contributed by atoms with Crippen molar-refractivity contribution in [1.29, 1.82) is 0 Å². The Morgan fingerprint density at radius 1 is 1.29 bits per heavy atom. The molecular formula is C20H29IN6O. The molecule has 2 heterocycles. The number of nitrogens with zero attached hydrogens (tertiary/aromatic N) is 4. The average Bonchev–Trinajstić information content (AvgIpc) is 3.37. The largest absolute Gasteiger partial charge is 0.352 e. The highest BCUT2D eigenvalue weighted by Gasteiger charge is 2.25. The smallest absolute Gasteiger partial charge is 0.222 e. The molecule has 1 atom stereocenters. The van der Waals surface area contributed by atoms with Crippen LogP contribution in [0.5, 0.6) is 0 Å². The van der Waals surface area contributed by atoms with E-state index in [1.54, 1.807) is 13.2 Å². The maximum atomic E-state index is 11.8. The molecule has 0 radical (unpaired) electrons. The second kappa shape index (κ2) is 11.0. The van der Waals surface area contributed by atoms with E-state index in [2.05, 4.69) is 44.9 Å². The van der Waals surface area contributed by atoms with E-state index in [0.717, 1.165) is 32.0 Å². The number of likely N-dealkylation sites (tertiary alicyclic amines) is 1. The monoisotopic (exact) mass is 496 g/mol. The van der Waals surface area contributed by atoms with Gasteiger partial charge in [0.2, 0.25) is 5.91 Å². The van der Waals surface area contributed by atoms with Crippen LogP contribution in [-0.2, 0) is 17.9 Å². The molecule has 8 heteroatoms. The molecule has 1 aliphatic heterocycles. The zero-order valence-electron chi connectivity index (χ0n) is 16.5. The van der Waals surface area contributed by atoms with E-state index < -0.39 is 0 Å². The number of hydrogen-bond acceptors (Lipinski definition) is 3. The van der Waals surface area contributed by atoms with Gasteiger partial charge in [-0.1, -0.05) is 31.2 Å². The molecule has 2 aromatic rings. The molecule has 1 unspecified atom stereocenters. The lowest BCUT2D eigenvalue weighted by Gasteiger charge is -2.18. The Balaban J connectivity index is 0.00000280. The number of guanidine groups is 1. The van der Waals surface area contributed by atoms with Crippen LogP contribution in [0.3, 0.4) is 0 Å². The number of imidazole rings is 1. The van der Waals surface area contributed by atoms with Gasteiger partial charge >= 0.3 is 0 Å². The fourth-order valence-electron chi connectivity index (χ4n) is 3.26. The van der Waals surface area contributed by atoms with E-state index in [9.17, 15) is 4.79 Å². The van der Waals surface area contributed by atoms with Crippen molar-refractivity contribution >= 4 is 35.8 Å². The summed E-state index contributed by atoms with van der Waals surface area (Å²) in [5.41, 5.74) is 2.44. The van der Waals surface area contributed by atoms with Gasteiger partial charge in [-0.25, -0.2) is 4.98 Å². The molecule has 152 valence electrons. The minimum absolute atomic E-state index is 0. The molecule has 7 nitrogen and oxygen atoms in total. The summed E-state index contributed by atoms with van der Waals surface area (Å²) in [5.74, 6) is 0.992. The van der Waals surface area contributed by atoms with Gasteiger partial charge in [-0.3, -0.25) is 9.79 Å². The number of aromatic nitrogens is 2. The van der Waals surface area contributed by atoms with Gasteiger partial charge in [0.1, 0.15) is 0 Å². The van der Waals surface area contributed by atoms with E-state index in [1.807, 2.05) is 28.9 Å². The Morgan fingerprint density at radius 3 is 2.68 bits per heavy atom. The predicted molar refractivity (Wildman–Crippen MR) is 122 cm³/mol. The molecule has 2 N–H and O–H groups in total. The number of carbonyl (C=O) groups is 1. The fourth-order valence-corrected chi connectivity index (χ4v) is 3.26. The standard InChI is InChI=1S/C20H28N6O.HI/c1-3-19(27)26-10-8-18(14-26)24-20(21-2)23-12-16-4-6-17(7-5-16)13-25-11-9-22-15-25;/h4-7,9,11,15,18H,3,8,10,12-14H2,1-2H3,(H2,21,23,24);1H. The van der Waals surface area contributed by atoms with Crippen molar-refractivity contribution in [1.82, 2.24) is 25.1 Å². The Kier molecular flexibility index (Phi) is 8.75. The number of aliphatic imine (C=N–C) groups is 1. The van der Waals surface area contributed by atoms with E-state index in [-0.39, 0.29) is 35.9 Å².